The number of rotatable bonds is 1. The van der Waals surface area contributed by atoms with Crippen molar-refractivity contribution in [1.29, 1.82) is 0 Å². The van der Waals surface area contributed by atoms with Crippen molar-refractivity contribution in [2.45, 2.75) is 64.2 Å². The van der Waals surface area contributed by atoms with Gasteiger partial charge in [0.1, 0.15) is 5.78 Å². The van der Waals surface area contributed by atoms with Gasteiger partial charge in [-0.1, -0.05) is 20.4 Å². The fraction of sp³-hybridized carbons (Fsp3) is 0.864. The van der Waals surface area contributed by atoms with Crippen LogP contribution in [0.1, 0.15) is 46.0 Å². The predicted molar refractivity (Wildman–Crippen MR) is 97.2 cm³/mol. The summed E-state index contributed by atoms with van der Waals surface area (Å²) in [5.74, 6) is 1.34. The Balaban J connectivity index is 1.56. The molecule has 6 aliphatic carbocycles. The van der Waals surface area contributed by atoms with Gasteiger partial charge in [-0.05, 0) is 61.0 Å². The van der Waals surface area contributed by atoms with Gasteiger partial charge in [0.2, 0.25) is 0 Å². The summed E-state index contributed by atoms with van der Waals surface area (Å²) in [6.45, 7) is 10.9. The molecule has 4 heteroatoms. The van der Waals surface area contributed by atoms with Crippen LogP contribution >= 0.6 is 0 Å². The minimum atomic E-state index is -0.555. The van der Waals surface area contributed by atoms with E-state index in [1.165, 1.54) is 0 Å². The summed E-state index contributed by atoms with van der Waals surface area (Å²) in [7, 11) is 0. The molecule has 0 aromatic rings. The van der Waals surface area contributed by atoms with Gasteiger partial charge in [-0.25, -0.2) is 0 Å². The maximum atomic E-state index is 13.0. The average molecular weight is 357 g/mol. The molecular formula is C22H31NO3. The molecule has 4 nitrogen and oxygen atoms in total. The van der Waals surface area contributed by atoms with E-state index in [2.05, 4.69) is 25.3 Å². The van der Waals surface area contributed by atoms with Crippen molar-refractivity contribution in [3.05, 3.63) is 12.2 Å². The molecule has 0 unspecified atom stereocenters. The quantitative estimate of drug-likeness (QED) is 0.705. The normalized spacial score (nSPS) is 62.7. The number of ketones is 1. The highest BCUT2D eigenvalue weighted by Crippen LogP contribution is 2.83. The lowest BCUT2D eigenvalue weighted by molar-refractivity contribution is -0.379. The molecule has 7 fully saturated rings. The lowest BCUT2D eigenvalue weighted by Gasteiger charge is -2.84. The lowest BCUT2D eigenvalue weighted by atomic mass is 9.24. The molecule has 26 heavy (non-hydrogen) atoms. The van der Waals surface area contributed by atoms with Crippen LogP contribution in [0.3, 0.4) is 0 Å². The number of nitrogens with zero attached hydrogens (tertiary/aromatic N) is 1. The molecule has 7 rings (SSSR count). The number of aliphatic hydroxyl groups is 2. The lowest BCUT2D eigenvalue weighted by Crippen LogP contribution is -2.88. The van der Waals surface area contributed by atoms with Crippen molar-refractivity contribution in [3.63, 3.8) is 0 Å². The molecule has 7 aliphatic rings. The molecule has 1 saturated heterocycles. The van der Waals surface area contributed by atoms with Gasteiger partial charge >= 0.3 is 0 Å². The molecule has 6 saturated carbocycles. The van der Waals surface area contributed by atoms with Crippen LogP contribution < -0.4 is 0 Å². The first-order chi connectivity index (χ1) is 12.3. The molecule has 0 aromatic carbocycles. The SMILES string of the molecule is C=C1[C@H]2C[C@@]3(C[C@H]4[C@@H]5[C@]6(C)CC[C@H](O)[C@]5([C@@H]3CC2=O)[C@@H]4N(CC)C6)[C@@H]1O. The Morgan fingerprint density at radius 3 is 2.81 bits per heavy atom. The fourth-order valence-electron chi connectivity index (χ4n) is 9.74. The third-order valence-electron chi connectivity index (χ3n) is 10.2. The van der Waals surface area contributed by atoms with Crippen molar-refractivity contribution >= 4 is 5.78 Å². The predicted octanol–water partition coefficient (Wildman–Crippen LogP) is 2.00. The summed E-state index contributed by atoms with van der Waals surface area (Å²) in [6.07, 6.45) is 3.41. The van der Waals surface area contributed by atoms with Gasteiger partial charge in [-0.3, -0.25) is 9.69 Å². The summed E-state index contributed by atoms with van der Waals surface area (Å²) < 4.78 is 0. The van der Waals surface area contributed by atoms with Crippen LogP contribution in [0.2, 0.25) is 0 Å². The number of hydrogen-bond acceptors (Lipinski definition) is 4. The van der Waals surface area contributed by atoms with Crippen molar-refractivity contribution < 1.29 is 15.0 Å². The Kier molecular flexibility index (Phi) is 2.80. The topological polar surface area (TPSA) is 60.8 Å². The van der Waals surface area contributed by atoms with E-state index >= 15 is 0 Å². The van der Waals surface area contributed by atoms with E-state index in [4.69, 9.17) is 0 Å². The molecule has 2 spiro atoms. The third-order valence-corrected chi connectivity index (χ3v) is 10.2. The smallest absolute Gasteiger partial charge is 0.140 e. The molecule has 7 bridgehead atoms. The highest BCUT2D eigenvalue weighted by Gasteiger charge is 2.84. The van der Waals surface area contributed by atoms with E-state index in [0.717, 1.165) is 44.3 Å². The van der Waals surface area contributed by atoms with Gasteiger partial charge < -0.3 is 10.2 Å². The molecule has 1 aliphatic heterocycles. The second-order valence-corrected chi connectivity index (χ2v) is 10.8. The number of carbonyl (C=O) groups excluding carboxylic acids is 1. The Morgan fingerprint density at radius 2 is 2.08 bits per heavy atom. The zero-order valence-corrected chi connectivity index (χ0v) is 15.9. The van der Waals surface area contributed by atoms with Crippen LogP contribution in [0.15, 0.2) is 12.2 Å². The van der Waals surface area contributed by atoms with Crippen LogP contribution in [-0.4, -0.2) is 52.2 Å². The van der Waals surface area contributed by atoms with Crippen molar-refractivity contribution in [2.24, 2.45) is 39.9 Å². The van der Waals surface area contributed by atoms with E-state index in [9.17, 15) is 15.0 Å². The number of carbonyl (C=O) groups is 1. The Hall–Kier alpha value is -0.710. The van der Waals surface area contributed by atoms with Crippen molar-refractivity contribution in [2.75, 3.05) is 13.1 Å². The molecule has 0 aromatic heterocycles. The van der Waals surface area contributed by atoms with Crippen molar-refractivity contribution in [1.82, 2.24) is 4.90 Å². The monoisotopic (exact) mass is 357 g/mol. The highest BCUT2D eigenvalue weighted by molar-refractivity contribution is 5.87. The number of fused-ring (bicyclic) bond motifs is 1. The van der Waals surface area contributed by atoms with Gasteiger partial charge in [0.15, 0.2) is 0 Å². The van der Waals surface area contributed by atoms with E-state index in [1.54, 1.807) is 0 Å². The number of aliphatic hydroxyl groups excluding tert-OH is 2. The zero-order valence-electron chi connectivity index (χ0n) is 15.9. The summed E-state index contributed by atoms with van der Waals surface area (Å²) >= 11 is 0. The fourth-order valence-corrected chi connectivity index (χ4v) is 9.74. The molecule has 0 radical (unpaired) electrons. The highest BCUT2D eigenvalue weighted by atomic mass is 16.3. The Bertz CT molecular complexity index is 735. The Labute approximate surface area is 155 Å². The number of likely N-dealkylation sites (tertiary alicyclic amines) is 1. The first-order valence-electron chi connectivity index (χ1n) is 10.6. The molecule has 142 valence electrons. The standard InChI is InChI=1S/C22H31NO3/c1-4-23-10-20(3)6-5-16(25)22-15-7-14(24)12-8-21(15,19(26)11(12)2)9-13(17(20)22)18(22)23/h12-13,15-19,25-26H,2,4-10H2,1,3H3/t12-,13+,15-,16+,17-,18-,19-,20-,21+,22+/m1/s1. The minimum absolute atomic E-state index is 0.122. The third kappa shape index (κ3) is 1.36. The first kappa shape index (κ1) is 16.3. The second kappa shape index (κ2) is 4.47. The maximum Gasteiger partial charge on any atom is 0.140 e. The van der Waals surface area contributed by atoms with Crippen LogP contribution in [0.25, 0.3) is 0 Å². The summed E-state index contributed by atoms with van der Waals surface area (Å²) in [4.78, 5) is 15.6. The van der Waals surface area contributed by atoms with E-state index < -0.39 is 6.10 Å². The molecule has 2 N–H and O–H groups in total. The average Bonchev–Trinajstić information content (AvgIpc) is 2.81. The van der Waals surface area contributed by atoms with Gasteiger partial charge in [0, 0.05) is 35.8 Å². The van der Waals surface area contributed by atoms with Crippen molar-refractivity contribution in [3.8, 4) is 0 Å². The first-order valence-corrected chi connectivity index (χ1v) is 10.6. The molecule has 10 atom stereocenters. The van der Waals surface area contributed by atoms with Crippen LogP contribution in [0, 0.1) is 39.9 Å². The molecule has 0 amide bonds. The second-order valence-electron chi connectivity index (χ2n) is 10.8. The van der Waals surface area contributed by atoms with Crippen LogP contribution in [0.4, 0.5) is 0 Å². The molecular weight excluding hydrogens is 326 g/mol. The van der Waals surface area contributed by atoms with E-state index in [-0.39, 0.29) is 40.0 Å². The summed E-state index contributed by atoms with van der Waals surface area (Å²) in [6, 6.07) is 0.405. The van der Waals surface area contributed by atoms with E-state index in [1.807, 2.05) is 0 Å². The largest absolute Gasteiger partial charge is 0.392 e. The zero-order chi connectivity index (χ0) is 18.2. The van der Waals surface area contributed by atoms with Crippen LogP contribution in [0.5, 0.6) is 0 Å². The number of Topliss-reactive ketones (excluding diaryl/α,β-unsaturated/α-hetero) is 1. The molecule has 1 heterocycles. The summed E-state index contributed by atoms with van der Waals surface area (Å²) in [5, 5.41) is 22.6. The van der Waals surface area contributed by atoms with Gasteiger partial charge in [0.25, 0.3) is 0 Å². The van der Waals surface area contributed by atoms with Gasteiger partial charge in [0.05, 0.1) is 12.2 Å². The maximum absolute atomic E-state index is 13.0. The summed E-state index contributed by atoms with van der Waals surface area (Å²) in [5.41, 5.74) is 0.622. The van der Waals surface area contributed by atoms with Gasteiger partial charge in [-0.15, -0.1) is 0 Å². The number of hydrogen-bond donors (Lipinski definition) is 2. The van der Waals surface area contributed by atoms with Crippen LogP contribution in [-0.2, 0) is 4.79 Å². The Morgan fingerprint density at radius 1 is 1.31 bits per heavy atom. The number of piperidine rings is 2. The minimum Gasteiger partial charge on any atom is -0.392 e. The van der Waals surface area contributed by atoms with Gasteiger partial charge in [-0.2, -0.15) is 0 Å². The van der Waals surface area contributed by atoms with E-state index in [0.29, 0.717) is 24.3 Å².